The quantitative estimate of drug-likeness (QED) is 0.882. The van der Waals surface area contributed by atoms with Crippen LogP contribution in [0.1, 0.15) is 31.7 Å². The average molecular weight is 260 g/mol. The summed E-state index contributed by atoms with van der Waals surface area (Å²) in [6.45, 7) is 2.95. The molecule has 2 rings (SSSR count). The first-order valence-electron chi connectivity index (χ1n) is 6.60. The first-order valence-corrected chi connectivity index (χ1v) is 7.65. The molecule has 1 saturated carbocycles. The normalized spacial score (nSPS) is 27.0. The second kappa shape index (κ2) is 6.26. The van der Waals surface area contributed by atoms with Crippen molar-refractivity contribution < 1.29 is 0 Å². The van der Waals surface area contributed by atoms with Crippen molar-refractivity contribution in [3.05, 3.63) is 35.9 Å². The van der Waals surface area contributed by atoms with E-state index in [2.05, 4.69) is 48.6 Å². The summed E-state index contributed by atoms with van der Waals surface area (Å²) in [6, 6.07) is 13.0. The van der Waals surface area contributed by atoms with Gasteiger partial charge in [0.1, 0.15) is 5.54 Å². The van der Waals surface area contributed by atoms with Crippen LogP contribution in [0.15, 0.2) is 30.3 Å². The zero-order chi connectivity index (χ0) is 12.8. The van der Waals surface area contributed by atoms with Crippen molar-refractivity contribution in [2.45, 2.75) is 42.7 Å². The summed E-state index contributed by atoms with van der Waals surface area (Å²) in [5, 5.41) is 13.3. The van der Waals surface area contributed by atoms with E-state index in [0.717, 1.165) is 31.6 Å². The summed E-state index contributed by atoms with van der Waals surface area (Å²) in [5.41, 5.74) is 1.11. The minimum Gasteiger partial charge on any atom is -0.300 e. The van der Waals surface area contributed by atoms with Gasteiger partial charge in [0.2, 0.25) is 0 Å². The summed E-state index contributed by atoms with van der Waals surface area (Å²) in [7, 11) is 0. The Morgan fingerprint density at radius 3 is 2.89 bits per heavy atom. The maximum Gasteiger partial charge on any atom is 0.107 e. The number of nitriles is 1. The molecule has 2 nitrogen and oxygen atoms in total. The number of nitrogens with zero attached hydrogens (tertiary/aromatic N) is 1. The van der Waals surface area contributed by atoms with Crippen LogP contribution in [-0.2, 0) is 5.75 Å². The summed E-state index contributed by atoms with van der Waals surface area (Å²) >= 11 is 1.99. The number of nitrogens with one attached hydrogen (secondary N) is 1. The monoisotopic (exact) mass is 260 g/mol. The zero-order valence-electron chi connectivity index (χ0n) is 10.9. The zero-order valence-corrected chi connectivity index (χ0v) is 11.7. The van der Waals surface area contributed by atoms with Crippen molar-refractivity contribution in [3.8, 4) is 6.07 Å². The molecule has 0 radical (unpaired) electrons. The third kappa shape index (κ3) is 3.28. The molecule has 2 unspecified atom stereocenters. The van der Waals surface area contributed by atoms with Crippen LogP contribution in [-0.4, -0.2) is 17.3 Å². The summed E-state index contributed by atoms with van der Waals surface area (Å²) < 4.78 is 0. The molecule has 1 fully saturated rings. The summed E-state index contributed by atoms with van der Waals surface area (Å²) in [5.74, 6) is 1.05. The SMILES string of the molecule is CCNC1(C#N)CCC(SCc2ccccc2)C1. The molecule has 1 aliphatic rings. The van der Waals surface area contributed by atoms with Crippen LogP contribution in [0.5, 0.6) is 0 Å². The van der Waals surface area contributed by atoms with Gasteiger partial charge in [0.25, 0.3) is 0 Å². The molecule has 1 aromatic rings. The van der Waals surface area contributed by atoms with Gasteiger partial charge in [0.05, 0.1) is 6.07 Å². The topological polar surface area (TPSA) is 35.8 Å². The highest BCUT2D eigenvalue weighted by Crippen LogP contribution is 2.37. The van der Waals surface area contributed by atoms with E-state index in [9.17, 15) is 5.26 Å². The van der Waals surface area contributed by atoms with E-state index in [1.165, 1.54) is 5.56 Å². The molecule has 1 aliphatic carbocycles. The largest absolute Gasteiger partial charge is 0.300 e. The van der Waals surface area contributed by atoms with Crippen molar-refractivity contribution in [1.29, 1.82) is 5.26 Å². The Hall–Kier alpha value is -0.980. The van der Waals surface area contributed by atoms with Gasteiger partial charge in [-0.25, -0.2) is 0 Å². The Kier molecular flexibility index (Phi) is 4.68. The van der Waals surface area contributed by atoms with Crippen LogP contribution in [0.3, 0.4) is 0 Å². The average Bonchev–Trinajstić information content (AvgIpc) is 2.82. The van der Waals surface area contributed by atoms with E-state index in [4.69, 9.17) is 0 Å². The first-order chi connectivity index (χ1) is 8.78. The predicted octanol–water partition coefficient (Wildman–Crippen LogP) is 3.34. The minimum atomic E-state index is -0.261. The van der Waals surface area contributed by atoms with E-state index in [1.807, 2.05) is 11.8 Å². The standard InChI is InChI=1S/C15H20N2S/c1-2-17-15(12-16)9-8-14(10-15)18-11-13-6-4-3-5-7-13/h3-7,14,17H,2,8-11H2,1H3. The minimum absolute atomic E-state index is 0.261. The lowest BCUT2D eigenvalue weighted by molar-refractivity contribution is 0.436. The fourth-order valence-corrected chi connectivity index (χ4v) is 3.88. The van der Waals surface area contributed by atoms with Crippen LogP contribution < -0.4 is 5.32 Å². The molecule has 0 aromatic heterocycles. The van der Waals surface area contributed by atoms with E-state index >= 15 is 0 Å². The van der Waals surface area contributed by atoms with E-state index in [0.29, 0.717) is 5.25 Å². The van der Waals surface area contributed by atoms with Gasteiger partial charge in [-0.15, -0.1) is 0 Å². The third-order valence-electron chi connectivity index (χ3n) is 3.53. The molecule has 18 heavy (non-hydrogen) atoms. The number of benzene rings is 1. The molecule has 0 aliphatic heterocycles. The highest BCUT2D eigenvalue weighted by Gasteiger charge is 2.38. The van der Waals surface area contributed by atoms with Gasteiger partial charge in [0, 0.05) is 11.0 Å². The van der Waals surface area contributed by atoms with Crippen molar-refractivity contribution in [2.75, 3.05) is 6.54 Å². The van der Waals surface area contributed by atoms with Crippen LogP contribution in [0, 0.1) is 11.3 Å². The molecule has 3 heteroatoms. The van der Waals surface area contributed by atoms with Gasteiger partial charge < -0.3 is 0 Å². The highest BCUT2D eigenvalue weighted by molar-refractivity contribution is 7.99. The van der Waals surface area contributed by atoms with Gasteiger partial charge in [0.15, 0.2) is 0 Å². The van der Waals surface area contributed by atoms with E-state index in [1.54, 1.807) is 0 Å². The summed E-state index contributed by atoms with van der Waals surface area (Å²) in [4.78, 5) is 0. The van der Waals surface area contributed by atoms with Crippen molar-refractivity contribution >= 4 is 11.8 Å². The fourth-order valence-electron chi connectivity index (χ4n) is 2.57. The number of rotatable bonds is 5. The van der Waals surface area contributed by atoms with Crippen LogP contribution in [0.25, 0.3) is 0 Å². The smallest absolute Gasteiger partial charge is 0.107 e. The Morgan fingerprint density at radius 1 is 1.44 bits per heavy atom. The second-order valence-electron chi connectivity index (χ2n) is 4.89. The lowest BCUT2D eigenvalue weighted by Gasteiger charge is -2.21. The lowest BCUT2D eigenvalue weighted by Crippen LogP contribution is -2.41. The molecule has 1 aromatic carbocycles. The van der Waals surface area contributed by atoms with Gasteiger partial charge in [-0.1, -0.05) is 37.3 Å². The molecule has 0 heterocycles. The van der Waals surface area contributed by atoms with E-state index in [-0.39, 0.29) is 5.54 Å². The molecule has 0 bridgehead atoms. The van der Waals surface area contributed by atoms with Crippen molar-refractivity contribution in [1.82, 2.24) is 5.32 Å². The number of hydrogen-bond acceptors (Lipinski definition) is 3. The van der Waals surface area contributed by atoms with Crippen LogP contribution in [0.4, 0.5) is 0 Å². The first kappa shape index (κ1) is 13.5. The molecule has 0 saturated heterocycles. The Labute approximate surface area is 114 Å². The predicted molar refractivity (Wildman–Crippen MR) is 77.4 cm³/mol. The molecule has 2 atom stereocenters. The Bertz CT molecular complexity index is 412. The lowest BCUT2D eigenvalue weighted by atomic mass is 10.0. The van der Waals surface area contributed by atoms with Gasteiger partial charge >= 0.3 is 0 Å². The number of hydrogen-bond donors (Lipinski definition) is 1. The maximum atomic E-state index is 9.33. The van der Waals surface area contributed by atoms with Gasteiger partial charge in [-0.3, -0.25) is 5.32 Å². The Morgan fingerprint density at radius 2 is 2.22 bits per heavy atom. The van der Waals surface area contributed by atoms with Crippen LogP contribution in [0.2, 0.25) is 0 Å². The molecular weight excluding hydrogens is 240 g/mol. The third-order valence-corrected chi connectivity index (χ3v) is 4.90. The molecule has 1 N–H and O–H groups in total. The van der Waals surface area contributed by atoms with E-state index < -0.39 is 0 Å². The number of thioether (sulfide) groups is 1. The fraction of sp³-hybridized carbons (Fsp3) is 0.533. The highest BCUT2D eigenvalue weighted by atomic mass is 32.2. The molecule has 0 spiro atoms. The molecular formula is C15H20N2S. The van der Waals surface area contributed by atoms with Gasteiger partial charge in [-0.2, -0.15) is 17.0 Å². The second-order valence-corrected chi connectivity index (χ2v) is 6.17. The Balaban J connectivity index is 1.85. The molecule has 96 valence electrons. The molecule has 0 amide bonds. The van der Waals surface area contributed by atoms with Crippen molar-refractivity contribution in [3.63, 3.8) is 0 Å². The maximum absolute atomic E-state index is 9.33. The van der Waals surface area contributed by atoms with Crippen molar-refractivity contribution in [2.24, 2.45) is 0 Å². The van der Waals surface area contributed by atoms with Crippen LogP contribution >= 0.6 is 11.8 Å². The summed E-state index contributed by atoms with van der Waals surface area (Å²) in [6.07, 6.45) is 3.12. The van der Waals surface area contributed by atoms with Gasteiger partial charge in [-0.05, 0) is 31.4 Å².